The lowest BCUT2D eigenvalue weighted by Crippen LogP contribution is -2.16. The van der Waals surface area contributed by atoms with E-state index in [0.717, 1.165) is 36.7 Å². The molecular formula is C26H36N4O2. The number of carbonyl (C=O) groups is 1. The Morgan fingerprint density at radius 2 is 1.66 bits per heavy atom. The number of hydrogen-bond donors (Lipinski definition) is 1. The Kier molecular flexibility index (Phi) is 7.61. The van der Waals surface area contributed by atoms with Crippen molar-refractivity contribution in [1.29, 1.82) is 0 Å². The summed E-state index contributed by atoms with van der Waals surface area (Å²) in [5.41, 5.74) is 9.83. The maximum atomic E-state index is 13.1. The fourth-order valence-corrected chi connectivity index (χ4v) is 4.89. The summed E-state index contributed by atoms with van der Waals surface area (Å²) < 4.78 is 7.71. The quantitative estimate of drug-likeness (QED) is 0.287. The minimum Gasteiger partial charge on any atom is -0.462 e. The van der Waals surface area contributed by atoms with Gasteiger partial charge >= 0.3 is 5.97 Å². The second-order valence-corrected chi connectivity index (χ2v) is 9.06. The first-order chi connectivity index (χ1) is 15.7. The van der Waals surface area contributed by atoms with Crippen molar-refractivity contribution < 1.29 is 9.53 Å². The lowest BCUT2D eigenvalue weighted by molar-refractivity contribution is 0.0500. The lowest BCUT2D eigenvalue weighted by atomic mass is 9.95. The minimum absolute atomic E-state index is 0.256. The predicted molar refractivity (Wildman–Crippen MR) is 130 cm³/mol. The maximum Gasteiger partial charge on any atom is 0.344 e. The zero-order chi connectivity index (χ0) is 22.3. The molecule has 2 aromatic heterocycles. The molecule has 32 heavy (non-hydrogen) atoms. The molecule has 6 nitrogen and oxygen atoms in total. The summed E-state index contributed by atoms with van der Waals surface area (Å²) in [4.78, 5) is 22.8. The molecule has 2 N–H and O–H groups in total. The first-order valence-corrected chi connectivity index (χ1v) is 12.4. The van der Waals surface area contributed by atoms with Crippen LogP contribution in [-0.2, 0) is 4.74 Å². The van der Waals surface area contributed by atoms with Gasteiger partial charge in [0, 0.05) is 6.04 Å². The van der Waals surface area contributed by atoms with Gasteiger partial charge in [0.2, 0.25) is 0 Å². The highest BCUT2D eigenvalue weighted by Crippen LogP contribution is 2.37. The van der Waals surface area contributed by atoms with Crippen LogP contribution in [0.25, 0.3) is 22.2 Å². The number of hydrogen-bond acceptors (Lipinski definition) is 5. The van der Waals surface area contributed by atoms with Crippen LogP contribution in [0.15, 0.2) is 24.3 Å². The summed E-state index contributed by atoms with van der Waals surface area (Å²) in [6.45, 7) is 2.65. The summed E-state index contributed by atoms with van der Waals surface area (Å²) in [7, 11) is 0. The summed E-state index contributed by atoms with van der Waals surface area (Å²) >= 11 is 0. The van der Waals surface area contributed by atoms with Crippen molar-refractivity contribution >= 4 is 34.0 Å². The van der Waals surface area contributed by atoms with Crippen LogP contribution in [-0.4, -0.2) is 27.1 Å². The van der Waals surface area contributed by atoms with E-state index in [1.54, 1.807) is 0 Å². The van der Waals surface area contributed by atoms with Crippen LogP contribution in [0.3, 0.4) is 0 Å². The van der Waals surface area contributed by atoms with Crippen LogP contribution in [0, 0.1) is 0 Å². The van der Waals surface area contributed by atoms with Crippen molar-refractivity contribution in [2.75, 3.05) is 12.3 Å². The van der Waals surface area contributed by atoms with Crippen molar-refractivity contribution in [2.45, 2.75) is 90.0 Å². The van der Waals surface area contributed by atoms with Crippen molar-refractivity contribution in [3.63, 3.8) is 0 Å². The van der Waals surface area contributed by atoms with Crippen molar-refractivity contribution in [2.24, 2.45) is 0 Å². The third-order valence-electron chi connectivity index (χ3n) is 6.66. The molecule has 0 radical (unpaired) electrons. The fraction of sp³-hybridized carbons (Fsp3) is 0.577. The second kappa shape index (κ2) is 10.8. The van der Waals surface area contributed by atoms with E-state index >= 15 is 0 Å². The SMILES string of the molecule is CCCCCCCCCOC(=O)c1c(N)n(C2CCCCC2)c2nc3ccccc3nc12. The van der Waals surface area contributed by atoms with Gasteiger partial charge < -0.3 is 15.0 Å². The molecule has 0 saturated heterocycles. The molecule has 0 unspecified atom stereocenters. The van der Waals surface area contributed by atoms with Gasteiger partial charge in [-0.2, -0.15) is 0 Å². The number of carbonyl (C=O) groups excluding carboxylic acids is 1. The Hall–Kier alpha value is -2.63. The van der Waals surface area contributed by atoms with Gasteiger partial charge in [0.15, 0.2) is 5.65 Å². The standard InChI is InChI=1S/C26H36N4O2/c1-2-3-4-5-6-7-13-18-32-26(31)22-23-25(29-21-17-12-11-16-20(21)28-23)30(24(22)27)19-14-9-8-10-15-19/h11-12,16-17,19H,2-10,13-15,18,27H2,1H3. The number of anilines is 1. The highest BCUT2D eigenvalue weighted by atomic mass is 16.5. The molecule has 0 aliphatic heterocycles. The number of fused-ring (bicyclic) bond motifs is 2. The fourth-order valence-electron chi connectivity index (χ4n) is 4.89. The molecule has 1 aromatic carbocycles. The molecule has 1 aliphatic rings. The molecule has 0 spiro atoms. The van der Waals surface area contributed by atoms with Crippen LogP contribution in [0.1, 0.15) is 100 Å². The number of aromatic nitrogens is 3. The number of benzene rings is 1. The summed E-state index contributed by atoms with van der Waals surface area (Å²) in [5.74, 6) is 0.0735. The van der Waals surface area contributed by atoms with Crippen molar-refractivity contribution in [3.8, 4) is 0 Å². The summed E-state index contributed by atoms with van der Waals surface area (Å²) in [6.07, 6.45) is 14.0. The molecule has 6 heteroatoms. The average molecular weight is 437 g/mol. The van der Waals surface area contributed by atoms with E-state index < -0.39 is 0 Å². The van der Waals surface area contributed by atoms with Gasteiger partial charge in [0.1, 0.15) is 16.9 Å². The summed E-state index contributed by atoms with van der Waals surface area (Å²) in [5, 5.41) is 0. The monoisotopic (exact) mass is 436 g/mol. The highest BCUT2D eigenvalue weighted by molar-refractivity contribution is 6.08. The summed E-state index contributed by atoms with van der Waals surface area (Å²) in [6, 6.07) is 8.02. The van der Waals surface area contributed by atoms with Gasteiger partial charge in [-0.15, -0.1) is 0 Å². The van der Waals surface area contributed by atoms with Crippen molar-refractivity contribution in [3.05, 3.63) is 29.8 Å². The third kappa shape index (κ3) is 4.89. The van der Waals surface area contributed by atoms with Crippen LogP contribution in [0.4, 0.5) is 5.82 Å². The Morgan fingerprint density at radius 3 is 2.38 bits per heavy atom. The molecule has 0 bridgehead atoms. The number of esters is 1. The molecule has 0 amide bonds. The number of para-hydroxylation sites is 2. The maximum absolute atomic E-state index is 13.1. The second-order valence-electron chi connectivity index (χ2n) is 9.06. The molecular weight excluding hydrogens is 400 g/mol. The lowest BCUT2D eigenvalue weighted by Gasteiger charge is -2.24. The molecule has 0 atom stereocenters. The predicted octanol–water partition coefficient (Wildman–Crippen LogP) is 6.58. The number of nitrogens with zero attached hydrogens (tertiary/aromatic N) is 3. The molecule has 1 aliphatic carbocycles. The Labute approximate surface area is 190 Å². The first kappa shape index (κ1) is 22.6. The number of unbranched alkanes of at least 4 members (excludes halogenated alkanes) is 6. The van der Waals surface area contributed by atoms with Gasteiger partial charge in [-0.25, -0.2) is 14.8 Å². The zero-order valence-electron chi connectivity index (χ0n) is 19.3. The molecule has 2 heterocycles. The van der Waals surface area contributed by atoms with Crippen LogP contribution >= 0.6 is 0 Å². The molecule has 1 fully saturated rings. The number of rotatable bonds is 10. The first-order valence-electron chi connectivity index (χ1n) is 12.4. The zero-order valence-corrected chi connectivity index (χ0v) is 19.3. The van der Waals surface area contributed by atoms with Gasteiger partial charge in [-0.1, -0.05) is 76.8 Å². The Bertz CT molecular complexity index is 1050. The number of nitrogen functional groups attached to an aromatic ring is 1. The van der Waals surface area contributed by atoms with Crippen molar-refractivity contribution in [1.82, 2.24) is 14.5 Å². The van der Waals surface area contributed by atoms with E-state index in [1.165, 1.54) is 51.4 Å². The van der Waals surface area contributed by atoms with E-state index in [9.17, 15) is 4.79 Å². The topological polar surface area (TPSA) is 83.0 Å². The smallest absolute Gasteiger partial charge is 0.344 e. The highest BCUT2D eigenvalue weighted by Gasteiger charge is 2.29. The minimum atomic E-state index is -0.377. The Balaban J connectivity index is 1.55. The molecule has 1 saturated carbocycles. The van der Waals surface area contributed by atoms with Gasteiger partial charge in [0.25, 0.3) is 0 Å². The van der Waals surface area contributed by atoms with E-state index in [-0.39, 0.29) is 12.0 Å². The van der Waals surface area contributed by atoms with E-state index in [2.05, 4.69) is 11.5 Å². The van der Waals surface area contributed by atoms with Crippen LogP contribution in [0.2, 0.25) is 0 Å². The largest absolute Gasteiger partial charge is 0.462 e. The van der Waals surface area contributed by atoms with Gasteiger partial charge in [-0.05, 0) is 31.4 Å². The number of nitrogens with two attached hydrogens (primary N) is 1. The van der Waals surface area contributed by atoms with Crippen LogP contribution in [0.5, 0.6) is 0 Å². The molecule has 4 rings (SSSR count). The average Bonchev–Trinajstić information content (AvgIpc) is 3.10. The number of ether oxygens (including phenoxy) is 1. The third-order valence-corrected chi connectivity index (χ3v) is 6.66. The Morgan fingerprint density at radius 1 is 1.00 bits per heavy atom. The van der Waals surface area contributed by atoms with Gasteiger partial charge in [-0.3, -0.25) is 0 Å². The normalized spacial score (nSPS) is 14.9. The van der Waals surface area contributed by atoms with E-state index in [0.29, 0.717) is 29.2 Å². The van der Waals surface area contributed by atoms with E-state index in [4.69, 9.17) is 20.4 Å². The van der Waals surface area contributed by atoms with Gasteiger partial charge in [0.05, 0.1) is 17.6 Å². The molecule has 172 valence electrons. The molecule has 3 aromatic rings. The van der Waals surface area contributed by atoms with Crippen LogP contribution < -0.4 is 5.73 Å². The van der Waals surface area contributed by atoms with E-state index in [1.807, 2.05) is 24.3 Å².